The molecule has 8 aromatic carbocycles. The van der Waals surface area contributed by atoms with Crippen molar-refractivity contribution in [1.29, 1.82) is 0 Å². The van der Waals surface area contributed by atoms with Crippen molar-refractivity contribution in [1.82, 2.24) is 0 Å². The summed E-state index contributed by atoms with van der Waals surface area (Å²) in [6.07, 6.45) is 0. The summed E-state index contributed by atoms with van der Waals surface area (Å²) in [5, 5.41) is 8.10. The van der Waals surface area contributed by atoms with Crippen molar-refractivity contribution < 1.29 is 0 Å². The molecule has 0 atom stereocenters. The Morgan fingerprint density at radius 2 is 0.692 bits per heavy atom. The van der Waals surface area contributed by atoms with Gasteiger partial charge in [0.2, 0.25) is 0 Å². The van der Waals surface area contributed by atoms with E-state index >= 15 is 0 Å². The van der Waals surface area contributed by atoms with E-state index in [1.54, 1.807) is 0 Å². The van der Waals surface area contributed by atoms with Crippen molar-refractivity contribution in [2.45, 2.75) is 19.6 Å². The van der Waals surface area contributed by atoms with Crippen LogP contribution >= 0.6 is 23.5 Å². The van der Waals surface area contributed by atoms with Gasteiger partial charge in [0.1, 0.15) is 0 Å². The molecule has 0 bridgehead atoms. The Morgan fingerprint density at radius 1 is 0.288 bits per heavy atom. The third kappa shape index (κ3) is 4.34. The van der Waals surface area contributed by atoms with Gasteiger partial charge in [0.05, 0.1) is 0 Å². The van der Waals surface area contributed by atoms with Crippen LogP contribution in [-0.2, 0) is 0 Å². The molecule has 0 amide bonds. The molecule has 2 aliphatic heterocycles. The predicted octanol–water partition coefficient (Wildman–Crippen LogP) is 13.4. The zero-order valence-corrected chi connectivity index (χ0v) is 32.6. The standard InChI is InChI=1S/C46H26N2S2Se2/c1-7-21-43-29(11-1)31-23-41-37(25-45(31)51-43)47(35-15-3-5-19-39(35)49-41)33-17-9-14-28-27(33)13-10-18-34(28)48-36-16-4-6-20-40(36)50-42-24-32-30-12-2-8-22-44(30)52-46(32)26-38(42)48/h1-26H. The second kappa shape index (κ2) is 11.4. The predicted molar refractivity (Wildman–Crippen MR) is 225 cm³/mol. The Bertz CT molecular complexity index is 2910. The number of anilines is 6. The van der Waals surface area contributed by atoms with Gasteiger partial charge in [-0.15, -0.1) is 0 Å². The van der Waals surface area contributed by atoms with Gasteiger partial charge < -0.3 is 0 Å². The average Bonchev–Trinajstić information content (AvgIpc) is 3.74. The van der Waals surface area contributed by atoms with E-state index in [0.717, 1.165) is 0 Å². The Morgan fingerprint density at radius 3 is 1.19 bits per heavy atom. The molecular formula is C46H26N2S2Se2. The van der Waals surface area contributed by atoms with E-state index in [1.807, 2.05) is 23.5 Å². The van der Waals surface area contributed by atoms with Crippen molar-refractivity contribution in [3.8, 4) is 0 Å². The number of hydrogen-bond acceptors (Lipinski definition) is 4. The maximum absolute atomic E-state index is 2.53. The minimum atomic E-state index is 0.288. The van der Waals surface area contributed by atoms with Crippen molar-refractivity contribution >= 4 is 136 Å². The van der Waals surface area contributed by atoms with E-state index < -0.39 is 0 Å². The molecule has 12 rings (SSSR count). The minimum absolute atomic E-state index is 0.288. The number of hydrogen-bond donors (Lipinski definition) is 0. The van der Waals surface area contributed by atoms with Crippen molar-refractivity contribution in [2.24, 2.45) is 0 Å². The Labute approximate surface area is 320 Å². The van der Waals surface area contributed by atoms with Crippen molar-refractivity contribution in [3.63, 3.8) is 0 Å². The first-order valence-corrected chi connectivity index (χ1v) is 22.4. The molecular weight excluding hydrogens is 803 g/mol. The van der Waals surface area contributed by atoms with Gasteiger partial charge in [-0.05, 0) is 0 Å². The van der Waals surface area contributed by atoms with Gasteiger partial charge in [-0.2, -0.15) is 0 Å². The molecule has 52 heavy (non-hydrogen) atoms. The molecule has 10 aromatic rings. The van der Waals surface area contributed by atoms with Gasteiger partial charge in [0, 0.05) is 0 Å². The van der Waals surface area contributed by atoms with Crippen LogP contribution in [0.2, 0.25) is 0 Å². The molecule has 0 N–H and O–H groups in total. The van der Waals surface area contributed by atoms with Crippen LogP contribution in [0.5, 0.6) is 0 Å². The van der Waals surface area contributed by atoms with E-state index in [9.17, 15) is 0 Å². The normalized spacial score (nSPS) is 13.5. The first-order valence-electron chi connectivity index (χ1n) is 17.3. The Balaban J connectivity index is 1.10. The summed E-state index contributed by atoms with van der Waals surface area (Å²) in [6, 6.07) is 59.4. The average molecular weight is 829 g/mol. The molecule has 2 nitrogen and oxygen atoms in total. The molecule has 0 spiro atoms. The first kappa shape index (κ1) is 29.9. The molecule has 2 aliphatic rings. The molecule has 6 heteroatoms. The quantitative estimate of drug-likeness (QED) is 0.160. The third-order valence-electron chi connectivity index (χ3n) is 10.4. The first-order chi connectivity index (χ1) is 25.8. The van der Waals surface area contributed by atoms with Gasteiger partial charge in [-0.1, -0.05) is 0 Å². The zero-order valence-electron chi connectivity index (χ0n) is 27.5. The summed E-state index contributed by atoms with van der Waals surface area (Å²) in [5.41, 5.74) is 7.45. The molecule has 0 radical (unpaired) electrons. The number of rotatable bonds is 2. The molecule has 0 unspecified atom stereocenters. The van der Waals surface area contributed by atoms with Crippen LogP contribution in [0.4, 0.5) is 34.1 Å². The summed E-state index contributed by atoms with van der Waals surface area (Å²) in [6.45, 7) is 0. The maximum atomic E-state index is 2.53. The summed E-state index contributed by atoms with van der Waals surface area (Å²) in [4.78, 5) is 10.3. The number of nitrogens with zero attached hydrogens (tertiary/aromatic N) is 2. The second-order valence-corrected chi connectivity index (χ2v) is 20.0. The van der Waals surface area contributed by atoms with Gasteiger partial charge in [0.25, 0.3) is 0 Å². The Kier molecular flexibility index (Phi) is 6.57. The van der Waals surface area contributed by atoms with Gasteiger partial charge >= 0.3 is 323 Å². The van der Waals surface area contributed by atoms with E-state index in [2.05, 4.69) is 168 Å². The van der Waals surface area contributed by atoms with E-state index in [-0.39, 0.29) is 29.0 Å². The molecule has 2 aromatic heterocycles. The van der Waals surface area contributed by atoms with Crippen LogP contribution < -0.4 is 9.80 Å². The van der Waals surface area contributed by atoms with Gasteiger partial charge in [-0.3, -0.25) is 0 Å². The van der Waals surface area contributed by atoms with Gasteiger partial charge in [-0.25, -0.2) is 0 Å². The van der Waals surface area contributed by atoms with Crippen LogP contribution in [0.25, 0.3) is 49.4 Å². The number of para-hydroxylation sites is 2. The summed E-state index contributed by atoms with van der Waals surface area (Å²) < 4.78 is 5.89. The summed E-state index contributed by atoms with van der Waals surface area (Å²) in [7, 11) is 0. The Hall–Kier alpha value is -4.64. The molecule has 0 saturated carbocycles. The zero-order chi connectivity index (χ0) is 33.9. The second-order valence-electron chi connectivity index (χ2n) is 13.3. The van der Waals surface area contributed by atoms with Crippen LogP contribution in [0.1, 0.15) is 0 Å². The molecule has 4 heterocycles. The van der Waals surface area contributed by atoms with Crippen molar-refractivity contribution in [2.75, 3.05) is 9.80 Å². The van der Waals surface area contributed by atoms with Crippen LogP contribution in [-0.4, -0.2) is 29.0 Å². The molecule has 0 aliphatic carbocycles. The number of benzene rings is 8. The van der Waals surface area contributed by atoms with Gasteiger partial charge in [0.15, 0.2) is 0 Å². The van der Waals surface area contributed by atoms with E-state index in [1.165, 1.54) is 103 Å². The van der Waals surface area contributed by atoms with Crippen molar-refractivity contribution in [3.05, 3.63) is 158 Å². The molecule has 0 saturated heterocycles. The third-order valence-corrected chi connectivity index (χ3v) is 17.4. The van der Waals surface area contributed by atoms with Crippen LogP contribution in [0.3, 0.4) is 0 Å². The fourth-order valence-corrected chi connectivity index (χ4v) is 15.0. The fourth-order valence-electron chi connectivity index (χ4n) is 8.13. The number of fused-ring (bicyclic) bond motifs is 11. The van der Waals surface area contributed by atoms with Crippen LogP contribution in [0.15, 0.2) is 177 Å². The summed E-state index contributed by atoms with van der Waals surface area (Å²) in [5.74, 6) is 0. The monoisotopic (exact) mass is 830 g/mol. The van der Waals surface area contributed by atoms with E-state index in [0.29, 0.717) is 0 Å². The molecule has 0 fully saturated rings. The molecule has 244 valence electrons. The summed E-state index contributed by atoms with van der Waals surface area (Å²) >= 11 is 4.37. The fraction of sp³-hybridized carbons (Fsp3) is 0. The SMILES string of the molecule is c1ccc2c(c1)Sc1cc3c(cc1N2c1cccc2c(N4c5ccccc5Sc5cc6c(cc54)[se]c4ccccc46)cccc12)[se]c1ccccc13. The van der Waals surface area contributed by atoms with Crippen LogP contribution in [0, 0.1) is 0 Å². The topological polar surface area (TPSA) is 6.48 Å². The van der Waals surface area contributed by atoms with E-state index in [4.69, 9.17) is 0 Å².